The number of ether oxygens (including phenoxy) is 1. The van der Waals surface area contributed by atoms with Crippen molar-refractivity contribution < 1.29 is 27.5 Å². The number of nitrogens with zero attached hydrogens (tertiary/aromatic N) is 2. The molecule has 0 unspecified atom stereocenters. The van der Waals surface area contributed by atoms with E-state index in [2.05, 4.69) is 15.3 Å². The van der Waals surface area contributed by atoms with E-state index in [-0.39, 0.29) is 47.4 Å². The van der Waals surface area contributed by atoms with Crippen LogP contribution in [0.1, 0.15) is 41.9 Å². The van der Waals surface area contributed by atoms with E-state index in [0.717, 1.165) is 6.07 Å². The van der Waals surface area contributed by atoms with Gasteiger partial charge >= 0.3 is 6.18 Å². The number of rotatable bonds is 7. The van der Waals surface area contributed by atoms with Gasteiger partial charge in [-0.2, -0.15) is 13.2 Å². The molecule has 0 aliphatic heterocycles. The minimum Gasteiger partial charge on any atom is -0.476 e. The van der Waals surface area contributed by atoms with Crippen LogP contribution in [-0.4, -0.2) is 28.3 Å². The van der Waals surface area contributed by atoms with Crippen LogP contribution in [0, 0.1) is 12.8 Å². The maximum Gasteiger partial charge on any atom is 0.417 e. The first-order valence-electron chi connectivity index (χ1n) is 8.60. The molecule has 29 heavy (non-hydrogen) atoms. The summed E-state index contributed by atoms with van der Waals surface area (Å²) in [5.41, 5.74) is -0.0101. The normalized spacial score (nSPS) is 12.4. The first kappa shape index (κ1) is 22.6. The van der Waals surface area contributed by atoms with Gasteiger partial charge in [0, 0.05) is 30.8 Å². The molecule has 0 aliphatic rings. The third-order valence-corrected chi connectivity index (χ3v) is 4.02. The molecule has 2 aromatic rings. The average Bonchev–Trinajstić information content (AvgIpc) is 2.58. The van der Waals surface area contributed by atoms with E-state index in [1.807, 2.05) is 0 Å². The summed E-state index contributed by atoms with van der Waals surface area (Å²) in [6, 6.07) is 3.83. The number of Topliss-reactive ketones (excluding diaryl/α,β-unsaturated/α-hetero) is 1. The van der Waals surface area contributed by atoms with Gasteiger partial charge in [-0.25, -0.2) is 9.97 Å². The van der Waals surface area contributed by atoms with Gasteiger partial charge in [0.05, 0.1) is 12.2 Å². The molecule has 0 bridgehead atoms. The summed E-state index contributed by atoms with van der Waals surface area (Å²) in [7, 11) is 0. The summed E-state index contributed by atoms with van der Waals surface area (Å²) in [5, 5.41) is 2.27. The molecular weight excluding hydrogens is 411 g/mol. The Morgan fingerprint density at radius 1 is 1.28 bits per heavy atom. The number of halogens is 4. The predicted molar refractivity (Wildman–Crippen MR) is 101 cm³/mol. The van der Waals surface area contributed by atoms with Crippen LogP contribution in [-0.2, 0) is 11.0 Å². The number of carbonyl (C=O) groups excluding carboxylic acids is 2. The maximum atomic E-state index is 12.6. The van der Waals surface area contributed by atoms with Crippen molar-refractivity contribution in [3.8, 4) is 5.88 Å². The maximum absolute atomic E-state index is 12.6. The van der Waals surface area contributed by atoms with E-state index in [1.54, 1.807) is 19.9 Å². The third kappa shape index (κ3) is 6.70. The molecule has 1 amide bonds. The molecule has 0 aliphatic carbocycles. The molecule has 2 aromatic heterocycles. The summed E-state index contributed by atoms with van der Waals surface area (Å²) >= 11 is 5.80. The van der Waals surface area contributed by atoms with Gasteiger partial charge in [0.2, 0.25) is 11.8 Å². The number of hydrogen-bond acceptors (Lipinski definition) is 5. The van der Waals surface area contributed by atoms with Crippen molar-refractivity contribution in [2.24, 2.45) is 5.92 Å². The number of aryl methyl sites for hydroxylation is 1. The molecule has 10 heteroatoms. The van der Waals surface area contributed by atoms with E-state index in [4.69, 9.17) is 16.3 Å². The third-order valence-electron chi connectivity index (χ3n) is 3.75. The summed E-state index contributed by atoms with van der Waals surface area (Å²) in [6.07, 6.45) is -3.80. The lowest BCUT2D eigenvalue weighted by atomic mass is 10.0. The molecule has 0 saturated heterocycles. The first-order chi connectivity index (χ1) is 13.5. The van der Waals surface area contributed by atoms with Gasteiger partial charge in [0.25, 0.3) is 0 Å². The summed E-state index contributed by atoms with van der Waals surface area (Å²) in [6.45, 7) is 4.82. The minimum atomic E-state index is -4.55. The Hall–Kier alpha value is -2.68. The fraction of sp³-hybridized carbons (Fsp3) is 0.368. The lowest BCUT2D eigenvalue weighted by Gasteiger charge is -2.14. The zero-order chi connectivity index (χ0) is 21.8. The molecule has 0 radical (unpaired) electrons. The number of alkyl halides is 3. The molecular formula is C19H19ClF3N3O3. The Kier molecular flexibility index (Phi) is 7.18. The number of pyridine rings is 2. The molecule has 0 aromatic carbocycles. The van der Waals surface area contributed by atoms with Crippen molar-refractivity contribution in [3.63, 3.8) is 0 Å². The first-order valence-corrected chi connectivity index (χ1v) is 8.98. The molecule has 6 nitrogen and oxygen atoms in total. The second kappa shape index (κ2) is 9.21. The van der Waals surface area contributed by atoms with Gasteiger partial charge in [-0.3, -0.25) is 9.59 Å². The van der Waals surface area contributed by atoms with E-state index in [9.17, 15) is 22.8 Å². The minimum absolute atomic E-state index is 0.0342. The monoisotopic (exact) mass is 429 g/mol. The fourth-order valence-corrected chi connectivity index (χ4v) is 2.70. The smallest absolute Gasteiger partial charge is 0.417 e. The second-order valence-corrected chi connectivity index (χ2v) is 7.02. The molecule has 2 heterocycles. The lowest BCUT2D eigenvalue weighted by molar-refractivity contribution is -0.137. The second-order valence-electron chi connectivity index (χ2n) is 6.62. The van der Waals surface area contributed by atoms with Gasteiger partial charge in [-0.1, -0.05) is 18.5 Å². The molecule has 0 saturated carbocycles. The highest BCUT2D eigenvalue weighted by molar-refractivity contribution is 6.31. The van der Waals surface area contributed by atoms with Crippen molar-refractivity contribution in [3.05, 3.63) is 46.2 Å². The molecule has 0 spiro atoms. The largest absolute Gasteiger partial charge is 0.476 e. The average molecular weight is 430 g/mol. The van der Waals surface area contributed by atoms with E-state index in [0.29, 0.717) is 17.5 Å². The molecule has 2 rings (SSSR count). The Morgan fingerprint density at radius 3 is 2.55 bits per heavy atom. The Morgan fingerprint density at radius 2 is 1.97 bits per heavy atom. The zero-order valence-electron chi connectivity index (χ0n) is 15.9. The van der Waals surface area contributed by atoms with Crippen LogP contribution in [0.2, 0.25) is 5.02 Å². The van der Waals surface area contributed by atoms with Crippen molar-refractivity contribution in [2.45, 2.75) is 33.4 Å². The zero-order valence-corrected chi connectivity index (χ0v) is 16.7. The van der Waals surface area contributed by atoms with Gasteiger partial charge in [0.1, 0.15) is 10.8 Å². The van der Waals surface area contributed by atoms with Gasteiger partial charge in [0.15, 0.2) is 5.78 Å². The van der Waals surface area contributed by atoms with Crippen LogP contribution in [0.3, 0.4) is 0 Å². The molecule has 156 valence electrons. The van der Waals surface area contributed by atoms with Crippen LogP contribution in [0.4, 0.5) is 19.0 Å². The van der Waals surface area contributed by atoms with Crippen molar-refractivity contribution in [1.29, 1.82) is 0 Å². The van der Waals surface area contributed by atoms with Gasteiger partial charge < -0.3 is 10.1 Å². The van der Waals surface area contributed by atoms with Crippen molar-refractivity contribution in [1.82, 2.24) is 9.97 Å². The Balaban J connectivity index is 1.99. The highest BCUT2D eigenvalue weighted by Gasteiger charge is 2.31. The Labute approximate surface area is 170 Å². The van der Waals surface area contributed by atoms with E-state index >= 15 is 0 Å². The van der Waals surface area contributed by atoms with Gasteiger partial charge in [-0.05, 0) is 31.0 Å². The van der Waals surface area contributed by atoms with E-state index < -0.39 is 11.7 Å². The highest BCUT2D eigenvalue weighted by atomic mass is 35.5. The van der Waals surface area contributed by atoms with Crippen molar-refractivity contribution >= 4 is 29.1 Å². The molecule has 0 fully saturated rings. The topological polar surface area (TPSA) is 81.2 Å². The van der Waals surface area contributed by atoms with Crippen LogP contribution >= 0.6 is 11.6 Å². The summed E-state index contributed by atoms with van der Waals surface area (Å²) in [4.78, 5) is 31.4. The number of anilines is 1. The quantitative estimate of drug-likeness (QED) is 0.645. The number of aromatic nitrogens is 2. The van der Waals surface area contributed by atoms with Crippen LogP contribution in [0.25, 0.3) is 0 Å². The number of nitrogens with one attached hydrogen (secondary N) is 1. The summed E-state index contributed by atoms with van der Waals surface area (Å²) < 4.78 is 43.3. The summed E-state index contributed by atoms with van der Waals surface area (Å²) in [5.74, 6) is -0.605. The fourth-order valence-electron chi connectivity index (χ4n) is 2.47. The number of hydrogen-bond donors (Lipinski definition) is 1. The highest BCUT2D eigenvalue weighted by Crippen LogP contribution is 2.33. The van der Waals surface area contributed by atoms with E-state index in [1.165, 1.54) is 13.0 Å². The Bertz CT molecular complexity index is 919. The SMILES string of the molecule is CC(=O)Nc1cc(C(=O)C[C@H](C)COc2ncc(C(F)(F)F)cc2Cl)cc(C)n1. The molecule has 1 N–H and O–H groups in total. The molecule has 1 atom stereocenters. The van der Waals surface area contributed by atoms with Crippen LogP contribution < -0.4 is 10.1 Å². The van der Waals surface area contributed by atoms with Gasteiger partial charge in [-0.15, -0.1) is 0 Å². The lowest BCUT2D eigenvalue weighted by Crippen LogP contribution is -2.15. The van der Waals surface area contributed by atoms with Crippen LogP contribution in [0.5, 0.6) is 5.88 Å². The number of ketones is 1. The number of amides is 1. The standard InChI is InChI=1S/C19H19ClF3N3O3/c1-10(9-29-18-15(20)7-14(8-24-18)19(21,22)23)4-16(28)13-5-11(2)25-17(6-13)26-12(3)27/h5-8,10H,4,9H2,1-3H3,(H,25,26,27)/t10-/m0/s1. The van der Waals surface area contributed by atoms with Crippen LogP contribution in [0.15, 0.2) is 24.4 Å². The van der Waals surface area contributed by atoms with Crippen molar-refractivity contribution in [2.75, 3.05) is 11.9 Å². The number of carbonyl (C=O) groups is 2. The predicted octanol–water partition coefficient (Wildman–Crippen LogP) is 4.70.